The normalized spacial score (nSPS) is 29.9. The van der Waals surface area contributed by atoms with Gasteiger partial charge in [-0.1, -0.05) is 6.07 Å². The zero-order chi connectivity index (χ0) is 25.4. The molecule has 0 radical (unpaired) electrons. The molecule has 7 rings (SSSR count). The van der Waals surface area contributed by atoms with Gasteiger partial charge < -0.3 is 24.8 Å². The number of phenolic OH excluding ortho intramolecular Hbond substituents is 1. The summed E-state index contributed by atoms with van der Waals surface area (Å²) in [6, 6.07) is 7.09. The van der Waals surface area contributed by atoms with Crippen molar-refractivity contribution in [1.82, 2.24) is 25.5 Å². The third kappa shape index (κ3) is 3.77. The first-order chi connectivity index (χ1) is 17.8. The molecule has 0 spiro atoms. The fourth-order valence-electron chi connectivity index (χ4n) is 6.26. The molecular formula is C27H29FN6O3. The number of alkyl halides is 1. The second-order valence-corrected chi connectivity index (χ2v) is 11.2. The second-order valence-electron chi connectivity index (χ2n) is 11.2. The topological polar surface area (TPSA) is 106 Å². The first-order valence-corrected chi connectivity index (χ1v) is 12.8. The van der Waals surface area contributed by atoms with Crippen LogP contribution in [0.2, 0.25) is 0 Å². The molecule has 3 aliphatic heterocycles. The van der Waals surface area contributed by atoms with Crippen molar-refractivity contribution in [2.24, 2.45) is 0 Å². The lowest BCUT2D eigenvalue weighted by molar-refractivity contribution is 0.0828. The number of pyridine rings is 1. The average Bonchev–Trinajstić information content (AvgIpc) is 3.53. The maximum atomic E-state index is 15.8. The van der Waals surface area contributed by atoms with Gasteiger partial charge in [0.1, 0.15) is 17.6 Å². The van der Waals surface area contributed by atoms with Gasteiger partial charge in [0.15, 0.2) is 5.75 Å². The van der Waals surface area contributed by atoms with E-state index in [2.05, 4.69) is 37.3 Å². The van der Waals surface area contributed by atoms with E-state index in [4.69, 9.17) is 9.47 Å². The van der Waals surface area contributed by atoms with Crippen molar-refractivity contribution >= 4 is 5.95 Å². The number of phenols is 1. The lowest BCUT2D eigenvalue weighted by Gasteiger charge is -2.48. The molecule has 2 aromatic heterocycles. The summed E-state index contributed by atoms with van der Waals surface area (Å²) in [7, 11) is 0. The van der Waals surface area contributed by atoms with Crippen LogP contribution >= 0.6 is 0 Å². The quantitative estimate of drug-likeness (QED) is 0.533. The van der Waals surface area contributed by atoms with Crippen LogP contribution in [0.4, 0.5) is 10.3 Å². The highest BCUT2D eigenvalue weighted by atomic mass is 19.1. The van der Waals surface area contributed by atoms with Crippen molar-refractivity contribution in [2.75, 3.05) is 11.7 Å². The molecule has 2 saturated heterocycles. The summed E-state index contributed by atoms with van der Waals surface area (Å²) in [5, 5.41) is 23.2. The number of anilines is 1. The number of aromatic nitrogens is 4. The van der Waals surface area contributed by atoms with E-state index < -0.39 is 11.7 Å². The molecule has 4 aliphatic rings. The predicted molar refractivity (Wildman–Crippen MR) is 134 cm³/mol. The molecule has 10 heteroatoms. The summed E-state index contributed by atoms with van der Waals surface area (Å²) in [5.41, 5.74) is 1.94. The number of nitrogens with zero attached hydrogens (tertiary/aromatic N) is 5. The fourth-order valence-corrected chi connectivity index (χ4v) is 6.26. The molecule has 192 valence electrons. The van der Waals surface area contributed by atoms with Crippen LogP contribution in [0.1, 0.15) is 46.0 Å². The highest BCUT2D eigenvalue weighted by molar-refractivity contribution is 5.74. The lowest BCUT2D eigenvalue weighted by Crippen LogP contribution is -2.66. The summed E-state index contributed by atoms with van der Waals surface area (Å²) < 4.78 is 26.5. The molecule has 9 nitrogen and oxygen atoms in total. The Balaban J connectivity index is 1.16. The Morgan fingerprint density at radius 3 is 2.68 bits per heavy atom. The van der Waals surface area contributed by atoms with Crippen LogP contribution < -0.4 is 19.7 Å². The van der Waals surface area contributed by atoms with Gasteiger partial charge in [-0.25, -0.2) is 14.4 Å². The molecular weight excluding hydrogens is 475 g/mol. The first-order valence-electron chi connectivity index (χ1n) is 12.8. The zero-order valence-electron chi connectivity index (χ0n) is 20.8. The van der Waals surface area contributed by atoms with Crippen LogP contribution in [0.15, 0.2) is 36.7 Å². The lowest BCUT2D eigenvalue weighted by atomic mass is 9.82. The standard InChI is InChI=1S/C27H29FN6O3/c1-26-7-8-27(2,33-26)23(28)20(11-26)34(17-4-5-17)25-30-13-19(31-32-25)18-6-3-15(9-21(18)35)16-10-22-24(29-12-16)37-14-36-22/h3,6,9-10,12-13,17,20,23,33,35H,4-5,7-8,11,14H2,1-2H3/t20-,23-,26-,27+/m0/s1. The van der Waals surface area contributed by atoms with Gasteiger partial charge in [0.2, 0.25) is 12.7 Å². The number of ether oxygens (including phenoxy) is 2. The molecule has 1 aliphatic carbocycles. The van der Waals surface area contributed by atoms with E-state index in [9.17, 15) is 5.11 Å². The molecule has 4 atom stereocenters. The van der Waals surface area contributed by atoms with Crippen LogP contribution in [-0.2, 0) is 0 Å². The summed E-state index contributed by atoms with van der Waals surface area (Å²) in [5.74, 6) is 1.55. The van der Waals surface area contributed by atoms with Crippen molar-refractivity contribution in [1.29, 1.82) is 0 Å². The number of rotatable bonds is 5. The number of nitrogens with one attached hydrogen (secondary N) is 1. The van der Waals surface area contributed by atoms with E-state index in [1.165, 1.54) is 0 Å². The molecule has 1 saturated carbocycles. The van der Waals surface area contributed by atoms with E-state index >= 15 is 4.39 Å². The van der Waals surface area contributed by atoms with Crippen molar-refractivity contribution in [2.45, 2.75) is 75.3 Å². The van der Waals surface area contributed by atoms with E-state index in [-0.39, 0.29) is 30.2 Å². The van der Waals surface area contributed by atoms with Gasteiger partial charge >= 0.3 is 0 Å². The fraction of sp³-hybridized carbons (Fsp3) is 0.481. The minimum atomic E-state index is -1.02. The smallest absolute Gasteiger partial charge is 0.260 e. The monoisotopic (exact) mass is 504 g/mol. The molecule has 5 heterocycles. The Morgan fingerprint density at radius 1 is 1.05 bits per heavy atom. The van der Waals surface area contributed by atoms with Gasteiger partial charge in [-0.2, -0.15) is 0 Å². The van der Waals surface area contributed by atoms with Crippen molar-refractivity contribution in [3.63, 3.8) is 0 Å². The molecule has 2 N–H and O–H groups in total. The number of hydrogen-bond acceptors (Lipinski definition) is 9. The summed E-state index contributed by atoms with van der Waals surface area (Å²) >= 11 is 0. The Kier molecular flexibility index (Phi) is 4.89. The Labute approximate surface area is 214 Å². The van der Waals surface area contributed by atoms with Crippen LogP contribution in [-0.4, -0.2) is 61.4 Å². The molecule has 37 heavy (non-hydrogen) atoms. The summed E-state index contributed by atoms with van der Waals surface area (Å²) in [6.45, 7) is 4.34. The molecule has 1 aromatic carbocycles. The average molecular weight is 505 g/mol. The van der Waals surface area contributed by atoms with Gasteiger partial charge in [-0.05, 0) is 69.7 Å². The van der Waals surface area contributed by atoms with E-state index in [0.717, 1.165) is 36.8 Å². The van der Waals surface area contributed by atoms with Gasteiger partial charge in [-0.15, -0.1) is 10.2 Å². The van der Waals surface area contributed by atoms with Crippen LogP contribution in [0, 0.1) is 0 Å². The SMILES string of the molecule is C[C@@]12CC[C@@](C)(N1)[C@@H](F)[C@@H](N(c1ncc(-c3ccc(-c4cnc5c(c4)OCO5)cc3O)nn1)C1CC1)C2. The third-order valence-corrected chi connectivity index (χ3v) is 8.30. The largest absolute Gasteiger partial charge is 0.507 e. The first kappa shape index (κ1) is 22.7. The van der Waals surface area contributed by atoms with Crippen LogP contribution in [0.25, 0.3) is 22.4 Å². The van der Waals surface area contributed by atoms with E-state index in [0.29, 0.717) is 35.3 Å². The highest BCUT2D eigenvalue weighted by Crippen LogP contribution is 2.47. The van der Waals surface area contributed by atoms with Gasteiger partial charge in [-0.3, -0.25) is 0 Å². The van der Waals surface area contributed by atoms with Crippen molar-refractivity contribution in [3.8, 4) is 39.8 Å². The Hall–Kier alpha value is -3.53. The molecule has 3 fully saturated rings. The zero-order valence-corrected chi connectivity index (χ0v) is 20.8. The number of benzene rings is 1. The molecule has 0 unspecified atom stereocenters. The number of piperidine rings is 1. The molecule has 0 amide bonds. The van der Waals surface area contributed by atoms with Gasteiger partial charge in [0, 0.05) is 34.4 Å². The molecule has 3 aromatic rings. The molecule has 2 bridgehead atoms. The number of hydrogen-bond donors (Lipinski definition) is 2. The van der Waals surface area contributed by atoms with Crippen molar-refractivity contribution < 1.29 is 19.0 Å². The highest BCUT2D eigenvalue weighted by Gasteiger charge is 2.58. The van der Waals surface area contributed by atoms with Gasteiger partial charge in [0.25, 0.3) is 5.88 Å². The predicted octanol–water partition coefficient (Wildman–Crippen LogP) is 4.01. The van der Waals surface area contributed by atoms with E-state index in [1.54, 1.807) is 24.5 Å². The third-order valence-electron chi connectivity index (χ3n) is 8.30. The van der Waals surface area contributed by atoms with E-state index in [1.807, 2.05) is 19.1 Å². The number of halogens is 1. The minimum Gasteiger partial charge on any atom is -0.507 e. The maximum absolute atomic E-state index is 15.8. The summed E-state index contributed by atoms with van der Waals surface area (Å²) in [6.07, 6.45) is 6.79. The second kappa shape index (κ2) is 7.98. The number of aromatic hydroxyl groups is 1. The van der Waals surface area contributed by atoms with Crippen LogP contribution in [0.3, 0.4) is 0 Å². The maximum Gasteiger partial charge on any atom is 0.260 e. The van der Waals surface area contributed by atoms with Gasteiger partial charge in [0.05, 0.1) is 12.2 Å². The van der Waals surface area contributed by atoms with Crippen molar-refractivity contribution in [3.05, 3.63) is 36.7 Å². The number of fused-ring (bicyclic) bond motifs is 3. The summed E-state index contributed by atoms with van der Waals surface area (Å²) in [4.78, 5) is 10.9. The Morgan fingerprint density at radius 2 is 1.92 bits per heavy atom. The van der Waals surface area contributed by atoms with Crippen LogP contribution in [0.5, 0.6) is 17.4 Å². The Bertz CT molecular complexity index is 1370. The minimum absolute atomic E-state index is 0.0534.